The van der Waals surface area contributed by atoms with Crippen LogP contribution < -0.4 is 5.32 Å². The summed E-state index contributed by atoms with van der Waals surface area (Å²) in [5, 5.41) is 14.9. The first kappa shape index (κ1) is 17.7. The number of fused-ring (bicyclic) bond motifs is 1. The number of rotatable bonds is 4. The number of hydrogen-bond donors (Lipinski definition) is 1. The lowest BCUT2D eigenvalue weighted by Gasteiger charge is -2.05. The van der Waals surface area contributed by atoms with E-state index < -0.39 is 0 Å². The Morgan fingerprint density at radius 1 is 1.07 bits per heavy atom. The second-order valence-corrected chi connectivity index (χ2v) is 7.12. The summed E-state index contributed by atoms with van der Waals surface area (Å²) in [5.41, 5.74) is 2.02. The van der Waals surface area contributed by atoms with Crippen LogP contribution in [0.1, 0.15) is 20.4 Å². The molecule has 2 aromatic heterocycles. The Labute approximate surface area is 163 Å². The molecule has 0 fully saturated rings. The second-order valence-electron chi connectivity index (χ2n) is 6.09. The van der Waals surface area contributed by atoms with E-state index in [0.29, 0.717) is 16.4 Å². The number of amides is 2. The molecular formula is C18H15N7O2S. The molecule has 1 N–H and O–H groups in total. The van der Waals surface area contributed by atoms with E-state index in [1.807, 2.05) is 24.3 Å². The van der Waals surface area contributed by atoms with Gasteiger partial charge in [0.1, 0.15) is 0 Å². The molecule has 140 valence electrons. The largest absolute Gasteiger partial charge is 0.342 e. The third-order valence-electron chi connectivity index (χ3n) is 3.86. The maximum absolute atomic E-state index is 12.4. The van der Waals surface area contributed by atoms with Crippen molar-refractivity contribution >= 4 is 39.1 Å². The molecule has 0 saturated carbocycles. The van der Waals surface area contributed by atoms with E-state index in [-0.39, 0.29) is 17.6 Å². The van der Waals surface area contributed by atoms with Crippen molar-refractivity contribution in [3.8, 4) is 5.69 Å². The standard InChI is InChI=1S/C18H15N7O2S/c1-24(2)18(27)15-21-23-25(22-15)12-9-7-11(8-10-12)19-16(26)17-20-13-5-3-4-6-14(13)28-17/h3-10H,1-2H3,(H,19,26). The first-order valence-electron chi connectivity index (χ1n) is 8.30. The van der Waals surface area contributed by atoms with Crippen LogP contribution in [-0.2, 0) is 0 Å². The Bertz CT molecular complexity index is 1130. The Balaban J connectivity index is 1.49. The Kier molecular flexibility index (Phi) is 4.53. The van der Waals surface area contributed by atoms with Crippen LogP contribution in [-0.4, -0.2) is 56.0 Å². The van der Waals surface area contributed by atoms with E-state index in [1.165, 1.54) is 21.0 Å². The van der Waals surface area contributed by atoms with Crippen molar-refractivity contribution in [1.82, 2.24) is 30.1 Å². The first-order chi connectivity index (χ1) is 13.5. The number of nitrogens with one attached hydrogen (secondary N) is 1. The topological polar surface area (TPSA) is 106 Å². The zero-order valence-electron chi connectivity index (χ0n) is 15.0. The number of nitrogens with zero attached hydrogens (tertiary/aromatic N) is 6. The fraction of sp³-hybridized carbons (Fsp3) is 0.111. The quantitative estimate of drug-likeness (QED) is 0.570. The molecule has 0 unspecified atom stereocenters. The molecule has 2 amide bonds. The number of benzene rings is 2. The zero-order valence-corrected chi connectivity index (χ0v) is 15.8. The molecule has 0 spiro atoms. The molecule has 4 rings (SSSR count). The lowest BCUT2D eigenvalue weighted by atomic mass is 10.3. The van der Waals surface area contributed by atoms with Crippen LogP contribution in [0.3, 0.4) is 0 Å². The molecule has 0 aliphatic rings. The Hall–Kier alpha value is -3.66. The number of carbonyl (C=O) groups excluding carboxylic acids is 2. The van der Waals surface area contributed by atoms with Crippen LogP contribution in [0.2, 0.25) is 0 Å². The van der Waals surface area contributed by atoms with Crippen LogP contribution in [0.15, 0.2) is 48.5 Å². The van der Waals surface area contributed by atoms with E-state index in [1.54, 1.807) is 38.4 Å². The van der Waals surface area contributed by atoms with E-state index in [4.69, 9.17) is 0 Å². The number of tetrazole rings is 1. The monoisotopic (exact) mass is 393 g/mol. The van der Waals surface area contributed by atoms with Crippen molar-refractivity contribution in [2.45, 2.75) is 0 Å². The molecule has 0 radical (unpaired) electrons. The predicted molar refractivity (Wildman–Crippen MR) is 105 cm³/mol. The average molecular weight is 393 g/mol. The lowest BCUT2D eigenvalue weighted by Crippen LogP contribution is -2.23. The first-order valence-corrected chi connectivity index (χ1v) is 9.12. The van der Waals surface area contributed by atoms with E-state index in [9.17, 15) is 9.59 Å². The van der Waals surface area contributed by atoms with E-state index in [2.05, 4.69) is 25.7 Å². The molecular weight excluding hydrogens is 378 g/mol. The molecule has 2 aromatic carbocycles. The summed E-state index contributed by atoms with van der Waals surface area (Å²) in [4.78, 5) is 31.3. The number of anilines is 1. The van der Waals surface area contributed by atoms with Crippen LogP contribution in [0, 0.1) is 0 Å². The third kappa shape index (κ3) is 3.45. The van der Waals surface area contributed by atoms with Gasteiger partial charge in [-0.25, -0.2) is 4.98 Å². The van der Waals surface area contributed by atoms with Crippen molar-refractivity contribution in [1.29, 1.82) is 0 Å². The summed E-state index contributed by atoms with van der Waals surface area (Å²) in [6.07, 6.45) is 0. The smallest absolute Gasteiger partial charge is 0.294 e. The minimum atomic E-state index is -0.328. The number of aromatic nitrogens is 5. The van der Waals surface area contributed by atoms with Crippen molar-refractivity contribution < 1.29 is 9.59 Å². The second kappa shape index (κ2) is 7.16. The van der Waals surface area contributed by atoms with Crippen LogP contribution >= 0.6 is 11.3 Å². The highest BCUT2D eigenvalue weighted by molar-refractivity contribution is 7.20. The fourth-order valence-electron chi connectivity index (χ4n) is 2.44. The van der Waals surface area contributed by atoms with Gasteiger partial charge in [0.15, 0.2) is 5.01 Å². The van der Waals surface area contributed by atoms with Crippen molar-refractivity contribution in [3.63, 3.8) is 0 Å². The van der Waals surface area contributed by atoms with Gasteiger partial charge < -0.3 is 10.2 Å². The highest BCUT2D eigenvalue weighted by Crippen LogP contribution is 2.22. The lowest BCUT2D eigenvalue weighted by molar-refractivity contribution is 0.0815. The Morgan fingerprint density at radius 3 is 2.54 bits per heavy atom. The molecule has 4 aromatic rings. The van der Waals surface area contributed by atoms with Gasteiger partial charge in [0.2, 0.25) is 0 Å². The van der Waals surface area contributed by atoms with E-state index in [0.717, 1.165) is 10.2 Å². The molecule has 28 heavy (non-hydrogen) atoms. The summed E-state index contributed by atoms with van der Waals surface area (Å²) in [6, 6.07) is 14.5. The van der Waals surface area contributed by atoms with Crippen molar-refractivity contribution in [2.75, 3.05) is 19.4 Å². The van der Waals surface area contributed by atoms with Crippen LogP contribution in [0.4, 0.5) is 5.69 Å². The normalized spacial score (nSPS) is 10.8. The maximum Gasteiger partial charge on any atom is 0.294 e. The van der Waals surface area contributed by atoms with Gasteiger partial charge in [-0.2, -0.15) is 0 Å². The van der Waals surface area contributed by atoms with Gasteiger partial charge in [-0.15, -0.1) is 26.3 Å². The third-order valence-corrected chi connectivity index (χ3v) is 4.89. The van der Waals surface area contributed by atoms with E-state index >= 15 is 0 Å². The summed E-state index contributed by atoms with van der Waals surface area (Å²) >= 11 is 1.34. The zero-order chi connectivity index (χ0) is 19.7. The minimum Gasteiger partial charge on any atom is -0.342 e. The molecule has 10 heteroatoms. The minimum absolute atomic E-state index is 0.0122. The summed E-state index contributed by atoms with van der Waals surface area (Å²) < 4.78 is 0.961. The van der Waals surface area contributed by atoms with Gasteiger partial charge in [-0.3, -0.25) is 9.59 Å². The van der Waals surface area contributed by atoms with Crippen molar-refractivity contribution in [2.24, 2.45) is 0 Å². The highest BCUT2D eigenvalue weighted by Gasteiger charge is 2.16. The number of thiazole rings is 1. The van der Waals surface area contributed by atoms with Gasteiger partial charge >= 0.3 is 0 Å². The van der Waals surface area contributed by atoms with Gasteiger partial charge in [0.25, 0.3) is 17.6 Å². The molecule has 0 saturated heterocycles. The average Bonchev–Trinajstić information content (AvgIpc) is 3.35. The molecule has 0 bridgehead atoms. The summed E-state index contributed by atoms with van der Waals surface area (Å²) in [7, 11) is 3.23. The van der Waals surface area contributed by atoms with Gasteiger partial charge in [0, 0.05) is 19.8 Å². The predicted octanol–water partition coefficient (Wildman–Crippen LogP) is 2.23. The maximum atomic E-state index is 12.4. The summed E-state index contributed by atoms with van der Waals surface area (Å²) in [5.74, 6) is -0.587. The fourth-order valence-corrected chi connectivity index (χ4v) is 3.30. The van der Waals surface area contributed by atoms with Crippen LogP contribution in [0.25, 0.3) is 15.9 Å². The SMILES string of the molecule is CN(C)C(=O)c1nnn(-c2ccc(NC(=O)c3nc4ccccc4s3)cc2)n1. The number of para-hydroxylation sites is 1. The van der Waals surface area contributed by atoms with Gasteiger partial charge in [0.05, 0.1) is 15.9 Å². The van der Waals surface area contributed by atoms with Gasteiger partial charge in [-0.1, -0.05) is 12.1 Å². The molecule has 0 aliphatic heterocycles. The highest BCUT2D eigenvalue weighted by atomic mass is 32.1. The molecule has 0 atom stereocenters. The Morgan fingerprint density at radius 2 is 1.82 bits per heavy atom. The summed E-state index contributed by atoms with van der Waals surface area (Å²) in [6.45, 7) is 0. The molecule has 0 aliphatic carbocycles. The molecule has 2 heterocycles. The van der Waals surface area contributed by atoms with Crippen LogP contribution in [0.5, 0.6) is 0 Å². The van der Waals surface area contributed by atoms with Gasteiger partial charge in [-0.05, 0) is 41.6 Å². The number of hydrogen-bond acceptors (Lipinski definition) is 7. The molecule has 9 nitrogen and oxygen atoms in total. The number of carbonyl (C=O) groups is 2. The van der Waals surface area contributed by atoms with Crippen molar-refractivity contribution in [3.05, 3.63) is 59.4 Å².